The zero-order valence-corrected chi connectivity index (χ0v) is 12.3. The van der Waals surface area contributed by atoms with E-state index in [4.69, 9.17) is 16.7 Å². The molecule has 0 aliphatic heterocycles. The molecule has 5 nitrogen and oxygen atoms in total. The quantitative estimate of drug-likeness (QED) is 0.806. The number of carboxylic acids is 1. The molecule has 0 aromatic heterocycles. The second-order valence-electron chi connectivity index (χ2n) is 4.28. The molecule has 0 saturated carbocycles. The molecule has 2 N–H and O–H groups in total. The minimum atomic E-state index is -4.06. The molecule has 0 amide bonds. The zero-order valence-electron chi connectivity index (χ0n) is 10.8. The molecule has 0 saturated heterocycles. The maximum atomic E-state index is 13.7. The van der Waals surface area contributed by atoms with Crippen molar-refractivity contribution >= 4 is 27.6 Å². The highest BCUT2D eigenvalue weighted by Gasteiger charge is 2.22. The Morgan fingerprint density at radius 3 is 2.70 bits per heavy atom. The van der Waals surface area contributed by atoms with Crippen LogP contribution in [-0.4, -0.2) is 26.0 Å². The third kappa shape index (κ3) is 4.43. The lowest BCUT2D eigenvalue weighted by Gasteiger charge is -2.14. The molecule has 1 aromatic rings. The molecule has 1 unspecified atom stereocenters. The Labute approximate surface area is 121 Å². The minimum absolute atomic E-state index is 0.0723. The Bertz CT molecular complexity index is 591. The van der Waals surface area contributed by atoms with Crippen molar-refractivity contribution in [2.24, 2.45) is 5.92 Å². The van der Waals surface area contributed by atoms with Gasteiger partial charge in [0, 0.05) is 13.0 Å². The average Bonchev–Trinajstić information content (AvgIpc) is 2.37. The largest absolute Gasteiger partial charge is 0.481 e. The van der Waals surface area contributed by atoms with E-state index in [1.165, 1.54) is 12.1 Å². The van der Waals surface area contributed by atoms with Crippen LogP contribution in [0.4, 0.5) is 4.39 Å². The van der Waals surface area contributed by atoms with E-state index < -0.39 is 26.7 Å². The molecule has 0 aliphatic rings. The highest BCUT2D eigenvalue weighted by Crippen LogP contribution is 2.22. The molecule has 0 radical (unpaired) electrons. The molecular formula is C12H15ClFNO4S. The van der Waals surface area contributed by atoms with Crippen LogP contribution in [0, 0.1) is 11.7 Å². The molecule has 0 heterocycles. The first-order valence-electron chi connectivity index (χ1n) is 5.93. The van der Waals surface area contributed by atoms with Crippen molar-refractivity contribution < 1.29 is 22.7 Å². The lowest BCUT2D eigenvalue weighted by molar-refractivity contribution is -0.138. The van der Waals surface area contributed by atoms with Crippen LogP contribution in [0.25, 0.3) is 0 Å². The van der Waals surface area contributed by atoms with Crippen LogP contribution in [0.1, 0.15) is 19.8 Å². The average molecular weight is 324 g/mol. The minimum Gasteiger partial charge on any atom is -0.481 e. The number of carboxylic acid groups (broad SMARTS) is 1. The number of rotatable bonds is 7. The second kappa shape index (κ2) is 7.01. The van der Waals surface area contributed by atoms with Crippen molar-refractivity contribution in [2.75, 3.05) is 6.54 Å². The third-order valence-electron chi connectivity index (χ3n) is 2.81. The van der Waals surface area contributed by atoms with Gasteiger partial charge in [-0.2, -0.15) is 0 Å². The standard InChI is InChI=1S/C12H15ClFNO4S/c1-2-8(6-11(16)17)7-15-20(18,19)10-5-3-4-9(13)12(10)14/h3-5,8,15H,2,6-7H2,1H3,(H,16,17). The highest BCUT2D eigenvalue weighted by atomic mass is 35.5. The summed E-state index contributed by atoms with van der Waals surface area (Å²) in [5, 5.41) is 8.40. The topological polar surface area (TPSA) is 83.5 Å². The van der Waals surface area contributed by atoms with Crippen LogP contribution >= 0.6 is 11.6 Å². The van der Waals surface area contributed by atoms with Crippen LogP contribution in [0.15, 0.2) is 23.1 Å². The van der Waals surface area contributed by atoms with Gasteiger partial charge in [0.15, 0.2) is 5.82 Å². The van der Waals surface area contributed by atoms with Gasteiger partial charge in [-0.3, -0.25) is 4.79 Å². The molecule has 8 heteroatoms. The van der Waals surface area contributed by atoms with Crippen LogP contribution < -0.4 is 4.72 Å². The predicted octanol–water partition coefficient (Wildman–Crippen LogP) is 2.26. The van der Waals surface area contributed by atoms with E-state index >= 15 is 0 Å². The fraction of sp³-hybridized carbons (Fsp3) is 0.417. The maximum absolute atomic E-state index is 13.7. The molecular weight excluding hydrogens is 309 g/mol. The molecule has 0 bridgehead atoms. The van der Waals surface area contributed by atoms with Gasteiger partial charge in [-0.15, -0.1) is 0 Å². The predicted molar refractivity (Wildman–Crippen MR) is 72.6 cm³/mol. The van der Waals surface area contributed by atoms with Gasteiger partial charge in [0.05, 0.1) is 5.02 Å². The van der Waals surface area contributed by atoms with Gasteiger partial charge in [-0.25, -0.2) is 17.5 Å². The maximum Gasteiger partial charge on any atom is 0.303 e. The molecule has 0 aliphatic carbocycles. The van der Waals surface area contributed by atoms with E-state index in [0.29, 0.717) is 6.42 Å². The van der Waals surface area contributed by atoms with Crippen molar-refractivity contribution in [3.8, 4) is 0 Å². The Morgan fingerprint density at radius 2 is 2.15 bits per heavy atom. The number of carbonyl (C=O) groups is 1. The van der Waals surface area contributed by atoms with E-state index in [0.717, 1.165) is 6.07 Å². The Morgan fingerprint density at radius 1 is 1.50 bits per heavy atom. The molecule has 1 atom stereocenters. The number of hydrogen-bond acceptors (Lipinski definition) is 3. The number of sulfonamides is 1. The second-order valence-corrected chi connectivity index (χ2v) is 6.42. The molecule has 0 spiro atoms. The highest BCUT2D eigenvalue weighted by molar-refractivity contribution is 7.89. The van der Waals surface area contributed by atoms with Crippen LogP contribution in [-0.2, 0) is 14.8 Å². The number of aliphatic carboxylic acids is 1. The summed E-state index contributed by atoms with van der Waals surface area (Å²) in [5.74, 6) is -2.39. The summed E-state index contributed by atoms with van der Waals surface area (Å²) in [7, 11) is -4.06. The van der Waals surface area contributed by atoms with Gasteiger partial charge < -0.3 is 5.11 Å². The first-order valence-corrected chi connectivity index (χ1v) is 7.79. The van der Waals surface area contributed by atoms with Gasteiger partial charge in [0.25, 0.3) is 0 Å². The Kier molecular flexibility index (Phi) is 5.91. The van der Waals surface area contributed by atoms with Gasteiger partial charge in [0.1, 0.15) is 4.90 Å². The van der Waals surface area contributed by atoms with E-state index in [1.807, 2.05) is 0 Å². The van der Waals surface area contributed by atoms with Gasteiger partial charge in [-0.1, -0.05) is 31.0 Å². The van der Waals surface area contributed by atoms with Crippen LogP contribution in [0.2, 0.25) is 5.02 Å². The van der Waals surface area contributed by atoms with E-state index in [9.17, 15) is 17.6 Å². The van der Waals surface area contributed by atoms with Crippen molar-refractivity contribution in [3.05, 3.63) is 29.0 Å². The van der Waals surface area contributed by atoms with Gasteiger partial charge >= 0.3 is 5.97 Å². The fourth-order valence-corrected chi connectivity index (χ4v) is 3.05. The molecule has 20 heavy (non-hydrogen) atoms. The number of hydrogen-bond donors (Lipinski definition) is 2. The summed E-state index contributed by atoms with van der Waals surface area (Å²) in [4.78, 5) is 10.1. The van der Waals surface area contributed by atoms with Crippen molar-refractivity contribution in [1.82, 2.24) is 4.72 Å². The van der Waals surface area contributed by atoms with Crippen molar-refractivity contribution in [2.45, 2.75) is 24.7 Å². The van der Waals surface area contributed by atoms with E-state index in [2.05, 4.69) is 4.72 Å². The normalized spacial score (nSPS) is 13.2. The van der Waals surface area contributed by atoms with Gasteiger partial charge in [-0.05, 0) is 18.1 Å². The zero-order chi connectivity index (χ0) is 15.3. The monoisotopic (exact) mass is 323 g/mol. The van der Waals surface area contributed by atoms with Crippen molar-refractivity contribution in [3.63, 3.8) is 0 Å². The van der Waals surface area contributed by atoms with Crippen molar-refractivity contribution in [1.29, 1.82) is 0 Å². The molecule has 1 aromatic carbocycles. The summed E-state index contributed by atoms with van der Waals surface area (Å²) in [6, 6.07) is 3.67. The Hall–Kier alpha value is -1.18. The summed E-state index contributed by atoms with van der Waals surface area (Å²) < 4.78 is 39.8. The number of benzene rings is 1. The summed E-state index contributed by atoms with van der Waals surface area (Å²) in [6.45, 7) is 1.68. The SMILES string of the molecule is CCC(CNS(=O)(=O)c1cccc(Cl)c1F)CC(=O)O. The molecule has 1 rings (SSSR count). The van der Waals surface area contributed by atoms with Crippen LogP contribution in [0.3, 0.4) is 0 Å². The lowest BCUT2D eigenvalue weighted by Crippen LogP contribution is -2.30. The fourth-order valence-electron chi connectivity index (χ4n) is 1.60. The van der Waals surface area contributed by atoms with E-state index in [-0.39, 0.29) is 23.9 Å². The third-order valence-corrected chi connectivity index (χ3v) is 4.54. The lowest BCUT2D eigenvalue weighted by atomic mass is 10.0. The smallest absolute Gasteiger partial charge is 0.303 e. The van der Waals surface area contributed by atoms with Crippen LogP contribution in [0.5, 0.6) is 0 Å². The summed E-state index contributed by atoms with van der Waals surface area (Å²) in [6.07, 6.45) is 0.337. The Balaban J connectivity index is 2.85. The number of nitrogens with one attached hydrogen (secondary N) is 1. The van der Waals surface area contributed by atoms with Gasteiger partial charge in [0.2, 0.25) is 10.0 Å². The van der Waals surface area contributed by atoms with E-state index in [1.54, 1.807) is 6.92 Å². The number of halogens is 2. The summed E-state index contributed by atoms with van der Waals surface area (Å²) >= 11 is 5.53. The molecule has 0 fully saturated rings. The molecule has 112 valence electrons. The summed E-state index contributed by atoms with van der Waals surface area (Å²) in [5.41, 5.74) is 0. The first kappa shape index (κ1) is 16.9. The first-order chi connectivity index (χ1) is 9.27.